The van der Waals surface area contributed by atoms with Crippen molar-refractivity contribution in [3.63, 3.8) is 0 Å². The van der Waals surface area contributed by atoms with Crippen LogP contribution in [-0.2, 0) is 4.79 Å². The fraction of sp³-hybridized carbons (Fsp3) is 0. The molecule has 3 aromatic rings. The van der Waals surface area contributed by atoms with E-state index in [1.54, 1.807) is 72.9 Å². The summed E-state index contributed by atoms with van der Waals surface area (Å²) in [4.78, 5) is 16.6. The highest BCUT2D eigenvalue weighted by Crippen LogP contribution is 2.23. The van der Waals surface area contributed by atoms with E-state index < -0.39 is 5.91 Å². The van der Waals surface area contributed by atoms with Crippen molar-refractivity contribution < 1.29 is 9.90 Å². The normalized spacial score (nSPS) is 11.9. The highest BCUT2D eigenvalue weighted by Gasteiger charge is 2.17. The monoisotopic (exact) mass is 378 g/mol. The van der Waals surface area contributed by atoms with Gasteiger partial charge in [0.2, 0.25) is 0 Å². The second-order valence-electron chi connectivity index (χ2n) is 5.44. The maximum absolute atomic E-state index is 12.7. The van der Waals surface area contributed by atoms with E-state index in [0.29, 0.717) is 22.0 Å². The third-order valence-electron chi connectivity index (χ3n) is 3.48. The Morgan fingerprint density at radius 1 is 1.04 bits per heavy atom. The molecule has 0 bridgehead atoms. The first-order valence-corrected chi connectivity index (χ1v) is 8.38. The van der Waals surface area contributed by atoms with Gasteiger partial charge < -0.3 is 10.4 Å². The highest BCUT2D eigenvalue weighted by atomic mass is 35.5. The Hall–Kier alpha value is -3.51. The quantitative estimate of drug-likeness (QED) is 0.354. The number of amides is 1. The largest absolute Gasteiger partial charge is 0.505 e. The number of carbonyl (C=O) groups is 1. The Kier molecular flexibility index (Phi) is 5.91. The van der Waals surface area contributed by atoms with E-state index in [4.69, 9.17) is 11.6 Å². The number of benzene rings is 2. The van der Waals surface area contributed by atoms with E-state index >= 15 is 0 Å². The minimum absolute atomic E-state index is 0.231. The van der Waals surface area contributed by atoms with Gasteiger partial charge in [-0.2, -0.15) is 5.11 Å². The van der Waals surface area contributed by atoms with Gasteiger partial charge >= 0.3 is 0 Å². The molecule has 7 heteroatoms. The standard InChI is InChI=1S/C20H15ClN4O2/c21-15-8-4-9-16(12-15)24-25-18(19(26)14-6-2-1-3-7-14)20(27)23-17-10-5-11-22-13-17/h1-13,26H,(H,23,27). The molecule has 2 N–H and O–H groups in total. The SMILES string of the molecule is O=C(Nc1cccnc1)C(N=Nc1cccc(Cl)c1)=C(O)c1ccccc1. The Bertz CT molecular complexity index is 989. The second-order valence-corrected chi connectivity index (χ2v) is 5.88. The van der Waals surface area contributed by atoms with Gasteiger partial charge in [0.1, 0.15) is 0 Å². The number of halogens is 1. The molecule has 27 heavy (non-hydrogen) atoms. The van der Waals surface area contributed by atoms with E-state index in [2.05, 4.69) is 20.5 Å². The number of hydrogen-bond donors (Lipinski definition) is 2. The van der Waals surface area contributed by atoms with Gasteiger partial charge in [0.15, 0.2) is 11.5 Å². The summed E-state index contributed by atoms with van der Waals surface area (Å²) in [7, 11) is 0. The van der Waals surface area contributed by atoms with Crippen LogP contribution in [0.25, 0.3) is 5.76 Å². The van der Waals surface area contributed by atoms with E-state index in [1.807, 2.05) is 0 Å². The molecule has 0 aliphatic heterocycles. The van der Waals surface area contributed by atoms with Crippen molar-refractivity contribution in [2.75, 3.05) is 5.32 Å². The highest BCUT2D eigenvalue weighted by molar-refractivity contribution is 6.30. The summed E-state index contributed by atoms with van der Waals surface area (Å²) < 4.78 is 0. The number of hydrogen-bond acceptors (Lipinski definition) is 5. The Morgan fingerprint density at radius 3 is 2.56 bits per heavy atom. The third-order valence-corrected chi connectivity index (χ3v) is 3.71. The maximum Gasteiger partial charge on any atom is 0.280 e. The van der Waals surface area contributed by atoms with Crippen LogP contribution in [0.15, 0.2) is 95.0 Å². The van der Waals surface area contributed by atoms with Crippen molar-refractivity contribution in [2.24, 2.45) is 10.2 Å². The Balaban J connectivity index is 1.97. The lowest BCUT2D eigenvalue weighted by atomic mass is 10.1. The molecule has 0 saturated heterocycles. The lowest BCUT2D eigenvalue weighted by molar-refractivity contribution is -0.112. The van der Waals surface area contributed by atoms with Crippen LogP contribution in [0.5, 0.6) is 0 Å². The molecule has 0 aliphatic rings. The maximum atomic E-state index is 12.7. The summed E-state index contributed by atoms with van der Waals surface area (Å²) in [5, 5.41) is 21.7. The van der Waals surface area contributed by atoms with Crippen LogP contribution in [0.3, 0.4) is 0 Å². The van der Waals surface area contributed by atoms with Gasteiger partial charge in [-0.05, 0) is 30.3 Å². The molecule has 6 nitrogen and oxygen atoms in total. The van der Waals surface area contributed by atoms with Gasteiger partial charge in [0.05, 0.1) is 17.6 Å². The average molecular weight is 379 g/mol. The van der Waals surface area contributed by atoms with Crippen molar-refractivity contribution in [3.8, 4) is 0 Å². The van der Waals surface area contributed by atoms with Crippen molar-refractivity contribution in [3.05, 3.63) is 95.4 Å². The third kappa shape index (κ3) is 4.99. The molecule has 0 fully saturated rings. The molecule has 1 aromatic heterocycles. The van der Waals surface area contributed by atoms with E-state index in [-0.39, 0.29) is 11.5 Å². The minimum atomic E-state index is -0.616. The van der Waals surface area contributed by atoms with Crippen LogP contribution >= 0.6 is 11.6 Å². The number of rotatable bonds is 5. The zero-order valence-corrected chi connectivity index (χ0v) is 14.8. The van der Waals surface area contributed by atoms with Crippen molar-refractivity contribution in [1.82, 2.24) is 4.98 Å². The molecule has 1 amide bonds. The van der Waals surface area contributed by atoms with E-state index in [0.717, 1.165) is 0 Å². The predicted octanol–water partition coefficient (Wildman–Crippen LogP) is 5.38. The molecule has 0 radical (unpaired) electrons. The summed E-state index contributed by atoms with van der Waals surface area (Å²) in [5.41, 5.74) is 1.14. The first-order valence-electron chi connectivity index (χ1n) is 8.01. The van der Waals surface area contributed by atoms with Crippen LogP contribution in [0.2, 0.25) is 5.02 Å². The number of aliphatic hydroxyl groups is 1. The average Bonchev–Trinajstić information content (AvgIpc) is 2.69. The molecule has 0 unspecified atom stereocenters. The lowest BCUT2D eigenvalue weighted by Gasteiger charge is -2.07. The van der Waals surface area contributed by atoms with Crippen LogP contribution in [0.1, 0.15) is 5.56 Å². The summed E-state index contributed by atoms with van der Waals surface area (Å²) in [6, 6.07) is 18.7. The van der Waals surface area contributed by atoms with Crippen molar-refractivity contribution >= 4 is 34.6 Å². The Morgan fingerprint density at radius 2 is 1.85 bits per heavy atom. The summed E-state index contributed by atoms with van der Waals surface area (Å²) in [5.74, 6) is -0.905. The number of carbonyl (C=O) groups excluding carboxylic acids is 1. The van der Waals surface area contributed by atoms with Crippen molar-refractivity contribution in [1.29, 1.82) is 0 Å². The molecule has 3 rings (SSSR count). The zero-order chi connectivity index (χ0) is 19.1. The van der Waals surface area contributed by atoms with Crippen molar-refractivity contribution in [2.45, 2.75) is 0 Å². The van der Waals surface area contributed by atoms with Gasteiger partial charge in [-0.3, -0.25) is 9.78 Å². The fourth-order valence-corrected chi connectivity index (χ4v) is 2.39. The van der Waals surface area contributed by atoms with Gasteiger partial charge in [-0.15, -0.1) is 5.11 Å². The first-order chi connectivity index (χ1) is 13.1. The van der Waals surface area contributed by atoms with Gasteiger partial charge in [0.25, 0.3) is 5.91 Å². The molecule has 0 atom stereocenters. The molecule has 134 valence electrons. The molecule has 0 aliphatic carbocycles. The van der Waals surface area contributed by atoms with E-state index in [9.17, 15) is 9.90 Å². The van der Waals surface area contributed by atoms with Gasteiger partial charge in [-0.25, -0.2) is 0 Å². The minimum Gasteiger partial charge on any atom is -0.505 e. The van der Waals surface area contributed by atoms with Crippen LogP contribution < -0.4 is 5.32 Å². The van der Waals surface area contributed by atoms with Crippen LogP contribution in [0, 0.1) is 0 Å². The van der Waals surface area contributed by atoms with Crippen LogP contribution in [-0.4, -0.2) is 16.0 Å². The molecule has 1 heterocycles. The number of aromatic nitrogens is 1. The summed E-state index contributed by atoms with van der Waals surface area (Å²) in [6.45, 7) is 0. The molecule has 0 saturated carbocycles. The first kappa shape index (κ1) is 18.3. The molecule has 2 aromatic carbocycles. The fourth-order valence-electron chi connectivity index (χ4n) is 2.21. The Labute approximate surface area is 160 Å². The number of nitrogens with zero attached hydrogens (tertiary/aromatic N) is 3. The summed E-state index contributed by atoms with van der Waals surface area (Å²) in [6.07, 6.45) is 3.08. The number of anilines is 1. The predicted molar refractivity (Wildman–Crippen MR) is 105 cm³/mol. The smallest absolute Gasteiger partial charge is 0.280 e. The second kappa shape index (κ2) is 8.73. The molecule has 0 spiro atoms. The lowest BCUT2D eigenvalue weighted by Crippen LogP contribution is -2.15. The molecular formula is C20H15ClN4O2. The number of aliphatic hydroxyl groups excluding tert-OH is 1. The topological polar surface area (TPSA) is 86.9 Å². The van der Waals surface area contributed by atoms with Crippen LogP contribution in [0.4, 0.5) is 11.4 Å². The number of pyridine rings is 1. The zero-order valence-electron chi connectivity index (χ0n) is 14.1. The summed E-state index contributed by atoms with van der Waals surface area (Å²) >= 11 is 5.94. The van der Waals surface area contributed by atoms with Gasteiger partial charge in [0, 0.05) is 16.8 Å². The number of azo groups is 1. The van der Waals surface area contributed by atoms with Gasteiger partial charge in [-0.1, -0.05) is 48.0 Å². The number of nitrogens with one attached hydrogen (secondary N) is 1. The van der Waals surface area contributed by atoms with E-state index in [1.165, 1.54) is 6.20 Å². The molecular weight excluding hydrogens is 364 g/mol.